The van der Waals surface area contributed by atoms with Crippen molar-refractivity contribution in [1.29, 1.82) is 0 Å². The zero-order valence-corrected chi connectivity index (χ0v) is 11.6. The maximum Gasteiger partial charge on any atom is 0.105 e. The fourth-order valence-corrected chi connectivity index (χ4v) is 2.68. The molecule has 3 heterocycles. The summed E-state index contributed by atoms with van der Waals surface area (Å²) >= 11 is 0. The van der Waals surface area contributed by atoms with E-state index in [1.807, 2.05) is 20.2 Å². The van der Waals surface area contributed by atoms with E-state index in [2.05, 4.69) is 33.1 Å². The molecule has 0 aromatic carbocycles. The van der Waals surface area contributed by atoms with E-state index in [0.29, 0.717) is 5.92 Å². The van der Waals surface area contributed by atoms with Gasteiger partial charge in [-0.2, -0.15) is 0 Å². The molecular weight excluding hydrogens is 236 g/mol. The molecule has 0 unspecified atom stereocenters. The molecule has 0 spiro atoms. The van der Waals surface area contributed by atoms with Crippen molar-refractivity contribution in [2.75, 3.05) is 13.1 Å². The SMILES string of the molecule is Cc1ncc(-c2cccc(C3CCNCC3)n2)n1C. The molecule has 0 aliphatic carbocycles. The van der Waals surface area contributed by atoms with E-state index in [9.17, 15) is 0 Å². The summed E-state index contributed by atoms with van der Waals surface area (Å²) in [7, 11) is 2.04. The minimum absolute atomic E-state index is 0.593. The third-order valence-corrected chi connectivity index (χ3v) is 4.01. The van der Waals surface area contributed by atoms with Crippen LogP contribution in [0.15, 0.2) is 24.4 Å². The van der Waals surface area contributed by atoms with Gasteiger partial charge < -0.3 is 9.88 Å². The summed E-state index contributed by atoms with van der Waals surface area (Å²) in [6, 6.07) is 6.34. The Balaban J connectivity index is 1.93. The molecule has 0 radical (unpaired) electrons. The van der Waals surface area contributed by atoms with Gasteiger partial charge in [0.1, 0.15) is 5.82 Å². The van der Waals surface area contributed by atoms with E-state index in [1.54, 1.807) is 0 Å². The van der Waals surface area contributed by atoms with Gasteiger partial charge in [0.15, 0.2) is 0 Å². The second-order valence-electron chi connectivity index (χ2n) is 5.22. The molecular formula is C15H20N4. The molecule has 3 rings (SSSR count). The highest BCUT2D eigenvalue weighted by Crippen LogP contribution is 2.26. The Morgan fingerprint density at radius 3 is 2.74 bits per heavy atom. The smallest absolute Gasteiger partial charge is 0.105 e. The highest BCUT2D eigenvalue weighted by molar-refractivity contribution is 5.54. The van der Waals surface area contributed by atoms with Gasteiger partial charge in [-0.1, -0.05) is 6.07 Å². The summed E-state index contributed by atoms with van der Waals surface area (Å²) in [5.41, 5.74) is 3.34. The van der Waals surface area contributed by atoms with Crippen LogP contribution in [0.25, 0.3) is 11.4 Å². The summed E-state index contributed by atoms with van der Waals surface area (Å²) in [5.74, 6) is 1.61. The molecule has 1 N–H and O–H groups in total. The maximum atomic E-state index is 4.85. The van der Waals surface area contributed by atoms with Crippen molar-refractivity contribution >= 4 is 0 Å². The first-order valence-corrected chi connectivity index (χ1v) is 6.92. The van der Waals surface area contributed by atoms with Crippen LogP contribution in [-0.2, 0) is 7.05 Å². The molecule has 1 aliphatic rings. The largest absolute Gasteiger partial charge is 0.330 e. The molecule has 1 aliphatic heterocycles. The third kappa shape index (κ3) is 2.40. The molecule has 2 aromatic rings. The van der Waals surface area contributed by atoms with Gasteiger partial charge >= 0.3 is 0 Å². The molecule has 0 amide bonds. The predicted octanol–water partition coefficient (Wildman–Crippen LogP) is 2.26. The third-order valence-electron chi connectivity index (χ3n) is 4.01. The minimum atomic E-state index is 0.593. The summed E-state index contributed by atoms with van der Waals surface area (Å²) in [5, 5.41) is 3.40. The maximum absolute atomic E-state index is 4.85. The first-order valence-electron chi connectivity index (χ1n) is 6.92. The molecule has 0 saturated carbocycles. The van der Waals surface area contributed by atoms with E-state index >= 15 is 0 Å². The van der Waals surface area contributed by atoms with Gasteiger partial charge in [0, 0.05) is 18.7 Å². The topological polar surface area (TPSA) is 42.7 Å². The lowest BCUT2D eigenvalue weighted by Crippen LogP contribution is -2.27. The van der Waals surface area contributed by atoms with Crippen LogP contribution in [0.1, 0.15) is 30.3 Å². The minimum Gasteiger partial charge on any atom is -0.330 e. The number of nitrogens with zero attached hydrogens (tertiary/aromatic N) is 3. The van der Waals surface area contributed by atoms with Gasteiger partial charge in [0.25, 0.3) is 0 Å². The number of piperidine rings is 1. The first kappa shape index (κ1) is 12.4. The fourth-order valence-electron chi connectivity index (χ4n) is 2.68. The van der Waals surface area contributed by atoms with Crippen LogP contribution < -0.4 is 5.32 Å². The van der Waals surface area contributed by atoms with Gasteiger partial charge in [0.2, 0.25) is 0 Å². The summed E-state index contributed by atoms with van der Waals surface area (Å²) in [6.45, 7) is 4.21. The van der Waals surface area contributed by atoms with E-state index in [-0.39, 0.29) is 0 Å². The van der Waals surface area contributed by atoms with Crippen LogP contribution in [0.3, 0.4) is 0 Å². The number of pyridine rings is 1. The fraction of sp³-hybridized carbons (Fsp3) is 0.467. The monoisotopic (exact) mass is 256 g/mol. The van der Waals surface area contributed by atoms with E-state index < -0.39 is 0 Å². The molecule has 0 bridgehead atoms. The molecule has 0 atom stereocenters. The second kappa shape index (κ2) is 5.13. The Hall–Kier alpha value is -1.68. The summed E-state index contributed by atoms with van der Waals surface area (Å²) in [4.78, 5) is 9.20. The van der Waals surface area contributed by atoms with E-state index in [0.717, 1.165) is 30.3 Å². The highest BCUT2D eigenvalue weighted by atomic mass is 15.1. The van der Waals surface area contributed by atoms with Crippen LogP contribution in [0.2, 0.25) is 0 Å². The van der Waals surface area contributed by atoms with Crippen molar-refractivity contribution in [3.8, 4) is 11.4 Å². The second-order valence-corrected chi connectivity index (χ2v) is 5.22. The zero-order chi connectivity index (χ0) is 13.2. The molecule has 1 saturated heterocycles. The quantitative estimate of drug-likeness (QED) is 0.896. The molecule has 19 heavy (non-hydrogen) atoms. The molecule has 100 valence electrons. The van der Waals surface area contributed by atoms with Gasteiger partial charge in [-0.25, -0.2) is 4.98 Å². The lowest BCUT2D eigenvalue weighted by molar-refractivity contribution is 0.453. The van der Waals surface area contributed by atoms with Crippen LogP contribution >= 0.6 is 0 Å². The Morgan fingerprint density at radius 1 is 1.26 bits per heavy atom. The molecule has 2 aromatic heterocycles. The Kier molecular flexibility index (Phi) is 3.34. The number of nitrogens with one attached hydrogen (secondary N) is 1. The Labute approximate surface area is 113 Å². The predicted molar refractivity (Wildman–Crippen MR) is 76.0 cm³/mol. The average Bonchev–Trinajstić information content (AvgIpc) is 2.80. The van der Waals surface area contributed by atoms with Gasteiger partial charge in [-0.3, -0.25) is 4.98 Å². The lowest BCUT2D eigenvalue weighted by Gasteiger charge is -2.22. The number of aromatic nitrogens is 3. The normalized spacial score (nSPS) is 16.7. The van der Waals surface area contributed by atoms with Crippen molar-refractivity contribution in [1.82, 2.24) is 19.9 Å². The van der Waals surface area contributed by atoms with Crippen LogP contribution in [0, 0.1) is 6.92 Å². The standard InChI is InChI=1S/C15H20N4/c1-11-17-10-15(19(11)2)14-5-3-4-13(18-14)12-6-8-16-9-7-12/h3-5,10,12,16H,6-9H2,1-2H3. The van der Waals surface area contributed by atoms with Crippen LogP contribution in [0.4, 0.5) is 0 Å². The number of aryl methyl sites for hydroxylation is 1. The lowest BCUT2D eigenvalue weighted by atomic mass is 9.94. The van der Waals surface area contributed by atoms with Gasteiger partial charge in [-0.05, 0) is 45.0 Å². The molecule has 1 fully saturated rings. The average molecular weight is 256 g/mol. The Morgan fingerprint density at radius 2 is 2.05 bits per heavy atom. The van der Waals surface area contributed by atoms with Crippen molar-refractivity contribution < 1.29 is 0 Å². The zero-order valence-electron chi connectivity index (χ0n) is 11.6. The van der Waals surface area contributed by atoms with Crippen LogP contribution in [0.5, 0.6) is 0 Å². The molecule has 4 nitrogen and oxygen atoms in total. The van der Waals surface area contributed by atoms with Crippen molar-refractivity contribution in [2.24, 2.45) is 7.05 Å². The van der Waals surface area contributed by atoms with Gasteiger partial charge in [0.05, 0.1) is 17.6 Å². The van der Waals surface area contributed by atoms with Crippen molar-refractivity contribution in [2.45, 2.75) is 25.7 Å². The number of imidazole rings is 1. The van der Waals surface area contributed by atoms with Crippen molar-refractivity contribution in [3.63, 3.8) is 0 Å². The molecule has 4 heteroatoms. The first-order chi connectivity index (χ1) is 9.25. The number of rotatable bonds is 2. The summed E-state index contributed by atoms with van der Waals surface area (Å²) < 4.78 is 2.09. The number of hydrogen-bond donors (Lipinski definition) is 1. The van der Waals surface area contributed by atoms with E-state index in [1.165, 1.54) is 18.5 Å². The number of hydrogen-bond acceptors (Lipinski definition) is 3. The Bertz CT molecular complexity index is 567. The summed E-state index contributed by atoms with van der Waals surface area (Å²) in [6.07, 6.45) is 4.27. The van der Waals surface area contributed by atoms with Gasteiger partial charge in [-0.15, -0.1) is 0 Å². The van der Waals surface area contributed by atoms with Crippen molar-refractivity contribution in [3.05, 3.63) is 35.9 Å². The van der Waals surface area contributed by atoms with E-state index in [4.69, 9.17) is 4.98 Å². The highest BCUT2D eigenvalue weighted by Gasteiger charge is 2.17. The van der Waals surface area contributed by atoms with Crippen LogP contribution in [-0.4, -0.2) is 27.6 Å².